The normalized spacial score (nSPS) is 15.9. The third-order valence-electron chi connectivity index (χ3n) is 4.25. The first-order chi connectivity index (χ1) is 12.0. The van der Waals surface area contributed by atoms with E-state index in [9.17, 15) is 14.0 Å². The topological polar surface area (TPSA) is 83.2 Å². The van der Waals surface area contributed by atoms with Crippen molar-refractivity contribution in [1.82, 2.24) is 15.6 Å². The molecule has 1 aromatic carbocycles. The van der Waals surface area contributed by atoms with Crippen molar-refractivity contribution in [3.05, 3.63) is 62.8 Å². The Morgan fingerprint density at radius 2 is 2.20 bits per heavy atom. The zero-order valence-corrected chi connectivity index (χ0v) is 14.1. The maximum atomic E-state index is 13.8. The molecule has 7 heteroatoms. The number of pyridine rings is 1. The molecule has 2 aromatic rings. The average molecular weight is 345 g/mol. The zero-order chi connectivity index (χ0) is 18.0. The monoisotopic (exact) mass is 345 g/mol. The number of benzene rings is 1. The number of aromatic amines is 1. The van der Waals surface area contributed by atoms with Crippen LogP contribution in [0.2, 0.25) is 0 Å². The van der Waals surface area contributed by atoms with Gasteiger partial charge in [0.05, 0.1) is 19.2 Å². The smallest absolute Gasteiger partial charge is 0.315 e. The van der Waals surface area contributed by atoms with Gasteiger partial charge in [0.15, 0.2) is 11.6 Å². The van der Waals surface area contributed by atoms with Crippen LogP contribution in [0.25, 0.3) is 0 Å². The Hall–Kier alpha value is -2.83. The fraction of sp³-hybridized carbons (Fsp3) is 0.333. The molecular weight excluding hydrogens is 325 g/mol. The van der Waals surface area contributed by atoms with Crippen molar-refractivity contribution in [2.75, 3.05) is 6.61 Å². The van der Waals surface area contributed by atoms with E-state index in [0.717, 1.165) is 11.3 Å². The van der Waals surface area contributed by atoms with E-state index < -0.39 is 11.8 Å². The lowest BCUT2D eigenvalue weighted by molar-refractivity contribution is 0.219. The second-order valence-corrected chi connectivity index (χ2v) is 6.12. The summed E-state index contributed by atoms with van der Waals surface area (Å²) in [5.41, 5.74) is 2.51. The summed E-state index contributed by atoms with van der Waals surface area (Å²) in [7, 11) is 0. The number of hydrogen-bond acceptors (Lipinski definition) is 3. The number of aromatic nitrogens is 1. The number of aryl methyl sites for hydroxylation is 2. The van der Waals surface area contributed by atoms with Gasteiger partial charge in [-0.15, -0.1) is 0 Å². The molecule has 1 atom stereocenters. The maximum Gasteiger partial charge on any atom is 0.315 e. The minimum absolute atomic E-state index is 0.118. The molecule has 1 aliphatic rings. The molecule has 3 N–H and O–H groups in total. The molecule has 0 fully saturated rings. The summed E-state index contributed by atoms with van der Waals surface area (Å²) >= 11 is 0. The largest absolute Gasteiger partial charge is 0.490 e. The summed E-state index contributed by atoms with van der Waals surface area (Å²) in [5.74, 6) is -0.254. The second kappa shape index (κ2) is 6.96. The summed E-state index contributed by atoms with van der Waals surface area (Å²) < 4.78 is 19.1. The lowest BCUT2D eigenvalue weighted by Crippen LogP contribution is -2.40. The van der Waals surface area contributed by atoms with Gasteiger partial charge in [0.1, 0.15) is 0 Å². The van der Waals surface area contributed by atoms with Gasteiger partial charge in [-0.05, 0) is 31.5 Å². The summed E-state index contributed by atoms with van der Waals surface area (Å²) in [5, 5.41) is 5.50. The molecule has 1 aliphatic heterocycles. The summed E-state index contributed by atoms with van der Waals surface area (Å²) in [6, 6.07) is 5.75. The number of amides is 2. The zero-order valence-electron chi connectivity index (χ0n) is 14.1. The van der Waals surface area contributed by atoms with Crippen LogP contribution < -0.4 is 20.9 Å². The number of H-pyrrole nitrogens is 1. The molecular formula is C18H20FN3O3. The third kappa shape index (κ3) is 3.65. The number of para-hydroxylation sites is 1. The van der Waals surface area contributed by atoms with Crippen molar-refractivity contribution in [2.24, 2.45) is 0 Å². The van der Waals surface area contributed by atoms with Crippen molar-refractivity contribution < 1.29 is 13.9 Å². The number of rotatable bonds is 3. The van der Waals surface area contributed by atoms with E-state index in [1.54, 1.807) is 19.1 Å². The van der Waals surface area contributed by atoms with Gasteiger partial charge in [-0.25, -0.2) is 9.18 Å². The van der Waals surface area contributed by atoms with E-state index in [4.69, 9.17) is 4.74 Å². The van der Waals surface area contributed by atoms with Gasteiger partial charge in [-0.2, -0.15) is 0 Å². The Bertz CT molecular complexity index is 863. The first-order valence-corrected chi connectivity index (χ1v) is 8.10. The Morgan fingerprint density at radius 1 is 1.40 bits per heavy atom. The number of hydrogen-bond donors (Lipinski definition) is 3. The van der Waals surface area contributed by atoms with Gasteiger partial charge >= 0.3 is 6.03 Å². The third-order valence-corrected chi connectivity index (χ3v) is 4.25. The molecule has 0 unspecified atom stereocenters. The fourth-order valence-corrected chi connectivity index (χ4v) is 3.02. The van der Waals surface area contributed by atoms with Crippen molar-refractivity contribution in [3.63, 3.8) is 0 Å². The lowest BCUT2D eigenvalue weighted by atomic mass is 10.0. The Balaban J connectivity index is 1.67. The lowest BCUT2D eigenvalue weighted by Gasteiger charge is -2.27. The SMILES string of the molecule is Cc1cc(C)c(CNC(=O)N[C@H]2CCOc3c(F)cccc32)c(=O)[nH]1. The van der Waals surface area contributed by atoms with Crippen LogP contribution in [-0.4, -0.2) is 17.6 Å². The Morgan fingerprint density at radius 3 is 2.96 bits per heavy atom. The molecule has 0 radical (unpaired) electrons. The van der Waals surface area contributed by atoms with E-state index in [2.05, 4.69) is 15.6 Å². The predicted octanol–water partition coefficient (Wildman–Crippen LogP) is 2.45. The minimum Gasteiger partial charge on any atom is -0.490 e. The Labute approximate surface area is 144 Å². The number of fused-ring (bicyclic) bond motifs is 1. The molecule has 6 nitrogen and oxygen atoms in total. The van der Waals surface area contributed by atoms with Gasteiger partial charge in [0.25, 0.3) is 5.56 Å². The van der Waals surface area contributed by atoms with E-state index in [0.29, 0.717) is 24.2 Å². The number of urea groups is 1. The summed E-state index contributed by atoms with van der Waals surface area (Å²) in [6.07, 6.45) is 0.550. The average Bonchev–Trinajstić information content (AvgIpc) is 2.55. The molecule has 25 heavy (non-hydrogen) atoms. The van der Waals surface area contributed by atoms with E-state index >= 15 is 0 Å². The van der Waals surface area contributed by atoms with Crippen LogP contribution in [0.1, 0.15) is 34.8 Å². The van der Waals surface area contributed by atoms with Gasteiger partial charge < -0.3 is 20.4 Å². The molecule has 1 aromatic heterocycles. The van der Waals surface area contributed by atoms with Crippen LogP contribution in [0, 0.1) is 19.7 Å². The van der Waals surface area contributed by atoms with Gasteiger partial charge in [-0.1, -0.05) is 12.1 Å². The highest BCUT2D eigenvalue weighted by Gasteiger charge is 2.25. The first kappa shape index (κ1) is 17.0. The second-order valence-electron chi connectivity index (χ2n) is 6.12. The van der Waals surface area contributed by atoms with Gasteiger partial charge in [0, 0.05) is 23.2 Å². The van der Waals surface area contributed by atoms with Crippen molar-refractivity contribution in [2.45, 2.75) is 32.9 Å². The van der Waals surface area contributed by atoms with Gasteiger partial charge in [0.2, 0.25) is 0 Å². The molecule has 2 amide bonds. The number of carbonyl (C=O) groups excluding carboxylic acids is 1. The molecule has 0 bridgehead atoms. The van der Waals surface area contributed by atoms with E-state index in [1.165, 1.54) is 6.07 Å². The fourth-order valence-electron chi connectivity index (χ4n) is 3.02. The molecule has 3 rings (SSSR count). The molecule has 132 valence electrons. The van der Waals surface area contributed by atoms with Crippen molar-refractivity contribution in [3.8, 4) is 5.75 Å². The van der Waals surface area contributed by atoms with Crippen LogP contribution in [0.5, 0.6) is 5.75 Å². The van der Waals surface area contributed by atoms with Crippen LogP contribution in [0.3, 0.4) is 0 Å². The predicted molar refractivity (Wildman–Crippen MR) is 91.2 cm³/mol. The molecule has 0 spiro atoms. The van der Waals surface area contributed by atoms with E-state index in [-0.39, 0.29) is 23.9 Å². The quantitative estimate of drug-likeness (QED) is 0.799. The number of halogens is 1. The number of ether oxygens (including phenoxy) is 1. The standard InChI is InChI=1S/C18H20FN3O3/c1-10-8-11(2)21-17(23)13(10)9-20-18(24)22-15-6-7-25-16-12(15)4-3-5-14(16)19/h3-5,8,15H,6-7,9H2,1-2H3,(H,21,23)(H2,20,22,24)/t15-/m0/s1. The molecule has 0 aliphatic carbocycles. The summed E-state index contributed by atoms with van der Waals surface area (Å²) in [4.78, 5) is 26.9. The van der Waals surface area contributed by atoms with Crippen LogP contribution in [-0.2, 0) is 6.54 Å². The highest BCUT2D eigenvalue weighted by molar-refractivity contribution is 5.74. The van der Waals surface area contributed by atoms with Gasteiger partial charge in [-0.3, -0.25) is 4.79 Å². The number of carbonyl (C=O) groups is 1. The Kier molecular flexibility index (Phi) is 4.74. The van der Waals surface area contributed by atoms with Crippen molar-refractivity contribution >= 4 is 6.03 Å². The minimum atomic E-state index is -0.439. The van der Waals surface area contributed by atoms with Crippen molar-refractivity contribution in [1.29, 1.82) is 0 Å². The highest BCUT2D eigenvalue weighted by atomic mass is 19.1. The molecule has 2 heterocycles. The first-order valence-electron chi connectivity index (χ1n) is 8.10. The van der Waals surface area contributed by atoms with Crippen LogP contribution >= 0.6 is 0 Å². The van der Waals surface area contributed by atoms with Crippen LogP contribution in [0.15, 0.2) is 29.1 Å². The highest BCUT2D eigenvalue weighted by Crippen LogP contribution is 2.33. The molecule has 0 saturated carbocycles. The number of nitrogens with one attached hydrogen (secondary N) is 3. The summed E-state index contributed by atoms with van der Waals surface area (Å²) in [6.45, 7) is 4.08. The maximum absolute atomic E-state index is 13.8. The van der Waals surface area contributed by atoms with E-state index in [1.807, 2.05) is 13.0 Å². The van der Waals surface area contributed by atoms with Crippen LogP contribution in [0.4, 0.5) is 9.18 Å². The molecule has 0 saturated heterocycles.